The van der Waals surface area contributed by atoms with E-state index in [-0.39, 0.29) is 22.5 Å². The molecule has 2 aliphatic rings. The lowest BCUT2D eigenvalue weighted by Crippen LogP contribution is -2.44. The average Bonchev–Trinajstić information content (AvgIpc) is 3.69. The molecule has 4 amide bonds. The Morgan fingerprint density at radius 3 is 1.19 bits per heavy atom. The summed E-state index contributed by atoms with van der Waals surface area (Å²) in [4.78, 5) is 106. The van der Waals surface area contributed by atoms with E-state index >= 15 is 0 Å². The molecule has 14 heteroatoms. The minimum Gasteiger partial charge on any atom is -0.454 e. The Kier molecular flexibility index (Phi) is 11.0. The van der Waals surface area contributed by atoms with E-state index in [9.17, 15) is 48.9 Å². The fourth-order valence-electron chi connectivity index (χ4n) is 6.67. The van der Waals surface area contributed by atoms with Gasteiger partial charge in [0.15, 0.2) is 30.2 Å². The van der Waals surface area contributed by atoms with Crippen LogP contribution in [0.5, 0.6) is 0 Å². The van der Waals surface area contributed by atoms with E-state index in [1.165, 1.54) is 48.5 Å². The highest BCUT2D eigenvalue weighted by molar-refractivity contribution is 6.24. The van der Waals surface area contributed by atoms with E-state index in [0.29, 0.717) is 11.1 Å². The van der Waals surface area contributed by atoms with E-state index in [4.69, 9.17) is 9.47 Å². The molecule has 2 unspecified atom stereocenters. The SMILES string of the molecule is Cc1ccc(C(=O)COC(=O)c2ccc(N3C(=O)CC(C(C#N)(C#N)C4CC(=O)N(c5ccc(C(=O)OCC(=O)c6ccc(C)cc6)cc5)C4=O)C3=O)cc2)cc1. The van der Waals surface area contributed by atoms with Crippen molar-refractivity contribution in [3.63, 3.8) is 0 Å². The molecule has 0 radical (unpaired) electrons. The van der Waals surface area contributed by atoms with Gasteiger partial charge in [-0.1, -0.05) is 59.7 Å². The van der Waals surface area contributed by atoms with Crippen molar-refractivity contribution in [3.05, 3.63) is 130 Å². The van der Waals surface area contributed by atoms with Crippen molar-refractivity contribution in [2.45, 2.75) is 26.7 Å². The molecule has 0 aliphatic carbocycles. The standard InChI is InChI=1S/C43H32N4O10/c1-25-3-7-27(8-4-25)35(48)21-56-41(54)29-11-15-31(16-12-29)46-37(50)19-33(39(46)52)43(23-44,24-45)34-20-38(51)47(40(34)53)32-17-13-30(14-18-32)42(55)57-22-36(49)28-9-5-26(2)6-10-28/h3-18,33-34H,19-22H2,1-2H3. The topological polar surface area (TPSA) is 209 Å². The number of nitrogens with zero attached hydrogens (tertiary/aromatic N) is 4. The average molecular weight is 765 g/mol. The predicted molar refractivity (Wildman–Crippen MR) is 199 cm³/mol. The minimum atomic E-state index is -2.43. The van der Waals surface area contributed by atoms with Gasteiger partial charge in [-0.2, -0.15) is 10.5 Å². The summed E-state index contributed by atoms with van der Waals surface area (Å²) in [7, 11) is 0. The lowest BCUT2D eigenvalue weighted by molar-refractivity contribution is -0.126. The Bertz CT molecular complexity index is 2240. The summed E-state index contributed by atoms with van der Waals surface area (Å²) in [5.74, 6) is -9.22. The number of aryl methyl sites for hydroxylation is 2. The van der Waals surface area contributed by atoms with Crippen LogP contribution >= 0.6 is 0 Å². The Morgan fingerprint density at radius 1 is 0.561 bits per heavy atom. The zero-order chi connectivity index (χ0) is 41.0. The monoisotopic (exact) mass is 764 g/mol. The van der Waals surface area contributed by atoms with Crippen LogP contribution in [0.4, 0.5) is 11.4 Å². The van der Waals surface area contributed by atoms with Crippen LogP contribution < -0.4 is 9.80 Å². The van der Waals surface area contributed by atoms with Gasteiger partial charge in [0, 0.05) is 24.0 Å². The number of ketones is 2. The molecule has 2 fully saturated rings. The molecular weight excluding hydrogens is 732 g/mol. The van der Waals surface area contributed by atoms with Gasteiger partial charge in [-0.3, -0.25) is 38.6 Å². The summed E-state index contributed by atoms with van der Waals surface area (Å²) in [6, 6.07) is 27.2. The Morgan fingerprint density at radius 2 is 0.877 bits per heavy atom. The normalized spacial score (nSPS) is 16.6. The second-order valence-electron chi connectivity index (χ2n) is 13.6. The lowest BCUT2D eigenvalue weighted by Gasteiger charge is -2.28. The van der Waals surface area contributed by atoms with Crippen molar-refractivity contribution in [2.75, 3.05) is 23.0 Å². The van der Waals surface area contributed by atoms with Crippen LogP contribution in [-0.4, -0.2) is 60.3 Å². The summed E-state index contributed by atoms with van der Waals surface area (Å²) >= 11 is 0. The number of Topliss-reactive ketones (excluding diaryl/α,β-unsaturated/α-hetero) is 2. The molecule has 2 heterocycles. The maximum atomic E-state index is 13.8. The molecule has 6 rings (SSSR count). The van der Waals surface area contributed by atoms with Gasteiger partial charge < -0.3 is 9.47 Å². The third-order valence-corrected chi connectivity index (χ3v) is 9.90. The van der Waals surface area contributed by atoms with Gasteiger partial charge >= 0.3 is 11.9 Å². The largest absolute Gasteiger partial charge is 0.454 e. The minimum absolute atomic E-state index is 0.0122. The van der Waals surface area contributed by atoms with Crippen LogP contribution in [0.15, 0.2) is 97.1 Å². The molecule has 2 saturated heterocycles. The Labute approximate surface area is 325 Å². The van der Waals surface area contributed by atoms with Crippen molar-refractivity contribution in [1.82, 2.24) is 0 Å². The van der Waals surface area contributed by atoms with E-state index in [1.54, 1.807) is 60.7 Å². The number of esters is 2. The zero-order valence-corrected chi connectivity index (χ0v) is 30.6. The molecule has 14 nitrogen and oxygen atoms in total. The van der Waals surface area contributed by atoms with Gasteiger partial charge in [-0.25, -0.2) is 9.59 Å². The number of imide groups is 2. The molecule has 0 saturated carbocycles. The number of carbonyl (C=O) groups is 8. The Balaban J connectivity index is 1.11. The zero-order valence-electron chi connectivity index (χ0n) is 30.6. The Hall–Kier alpha value is -7.58. The summed E-state index contributed by atoms with van der Waals surface area (Å²) in [5.41, 5.74) is 0.274. The quantitative estimate of drug-likeness (QED) is 0.107. The van der Waals surface area contributed by atoms with E-state index in [0.717, 1.165) is 20.9 Å². The van der Waals surface area contributed by atoms with Crippen LogP contribution in [0.3, 0.4) is 0 Å². The maximum Gasteiger partial charge on any atom is 0.338 e. The second kappa shape index (κ2) is 16.0. The third-order valence-electron chi connectivity index (χ3n) is 9.90. The van der Waals surface area contributed by atoms with Crippen LogP contribution in [0.2, 0.25) is 0 Å². The molecule has 284 valence electrons. The number of rotatable bonds is 12. The molecule has 0 aromatic heterocycles. The van der Waals surface area contributed by atoms with Crippen molar-refractivity contribution in [2.24, 2.45) is 17.3 Å². The molecule has 2 aliphatic heterocycles. The first-order chi connectivity index (χ1) is 27.3. The molecule has 2 atom stereocenters. The number of hydrogen-bond acceptors (Lipinski definition) is 12. The molecule has 4 aromatic carbocycles. The van der Waals surface area contributed by atoms with Gasteiger partial charge in [-0.05, 0) is 62.4 Å². The number of hydrogen-bond donors (Lipinski definition) is 0. The summed E-state index contributed by atoms with van der Waals surface area (Å²) < 4.78 is 10.3. The van der Waals surface area contributed by atoms with Crippen molar-refractivity contribution >= 4 is 58.5 Å². The van der Waals surface area contributed by atoms with Gasteiger partial charge in [0.25, 0.3) is 0 Å². The highest BCUT2D eigenvalue weighted by Crippen LogP contribution is 2.47. The molecule has 0 spiro atoms. The number of benzene rings is 4. The molecule has 57 heavy (non-hydrogen) atoms. The van der Waals surface area contributed by atoms with Crippen molar-refractivity contribution < 1.29 is 47.8 Å². The first-order valence-corrected chi connectivity index (χ1v) is 17.6. The smallest absolute Gasteiger partial charge is 0.338 e. The van der Waals surface area contributed by atoms with Crippen LogP contribution in [0, 0.1) is 53.8 Å². The van der Waals surface area contributed by atoms with Crippen LogP contribution in [0.25, 0.3) is 0 Å². The number of amides is 4. The highest BCUT2D eigenvalue weighted by Gasteiger charge is 2.62. The predicted octanol–water partition coefficient (Wildman–Crippen LogP) is 4.88. The van der Waals surface area contributed by atoms with Gasteiger partial charge in [0.05, 0.1) is 46.5 Å². The van der Waals surface area contributed by atoms with Gasteiger partial charge in [0.1, 0.15) is 0 Å². The molecule has 0 bridgehead atoms. The molecular formula is C43H32N4O10. The molecule has 4 aromatic rings. The number of nitriles is 2. The van der Waals surface area contributed by atoms with Gasteiger partial charge in [-0.15, -0.1) is 0 Å². The lowest BCUT2D eigenvalue weighted by atomic mass is 9.67. The fraction of sp³-hybridized carbons (Fsp3) is 0.209. The summed E-state index contributed by atoms with van der Waals surface area (Å²) in [6.45, 7) is 2.70. The van der Waals surface area contributed by atoms with Crippen LogP contribution in [0.1, 0.15) is 65.4 Å². The highest BCUT2D eigenvalue weighted by atomic mass is 16.5. The fourth-order valence-corrected chi connectivity index (χ4v) is 6.67. The van der Waals surface area contributed by atoms with E-state index in [2.05, 4.69) is 0 Å². The number of carbonyl (C=O) groups excluding carboxylic acids is 8. The first-order valence-electron chi connectivity index (χ1n) is 17.6. The first kappa shape index (κ1) is 39.1. The second-order valence-corrected chi connectivity index (χ2v) is 13.6. The van der Waals surface area contributed by atoms with Crippen LogP contribution in [-0.2, 0) is 28.7 Å². The summed E-state index contributed by atoms with van der Waals surface area (Å²) in [5, 5.41) is 20.8. The van der Waals surface area contributed by atoms with Gasteiger partial charge in [0.2, 0.25) is 23.6 Å². The van der Waals surface area contributed by atoms with E-state index < -0.39 is 90.4 Å². The van der Waals surface area contributed by atoms with E-state index in [1.807, 2.05) is 13.8 Å². The number of ether oxygens (including phenoxy) is 2. The third kappa shape index (κ3) is 7.70. The van der Waals surface area contributed by atoms with Crippen molar-refractivity contribution in [1.29, 1.82) is 10.5 Å². The van der Waals surface area contributed by atoms with Crippen molar-refractivity contribution in [3.8, 4) is 12.1 Å². The number of anilines is 2. The summed E-state index contributed by atoms with van der Waals surface area (Å²) in [6.07, 6.45) is -1.24. The molecule has 0 N–H and O–H groups in total. The maximum absolute atomic E-state index is 13.8.